The topological polar surface area (TPSA) is 341 Å². The quantitative estimate of drug-likeness (QED) is 0.477. The van der Waals surface area contributed by atoms with Crippen molar-refractivity contribution < 1.29 is 32.0 Å². The SMILES string of the molecule is O=[N+]([O-])[O-].O=[N+]([O-])[O-].O=[N+]([O-])[O-].[Co+3].[NH-]CC[NH-].[NH-]CC[NH-].[NH-]CC[NH-]. The molecule has 0 saturated carbocycles. The van der Waals surface area contributed by atoms with E-state index in [-0.39, 0.29) is 56.0 Å². The number of nitrogens with zero attached hydrogens (tertiary/aromatic N) is 3. The maximum absolute atomic E-state index is 8.25. The molecule has 0 aromatic rings. The van der Waals surface area contributed by atoms with E-state index >= 15 is 0 Å². The fourth-order valence-corrected chi connectivity index (χ4v) is 0. The molecule has 0 atom stereocenters. The van der Waals surface area contributed by atoms with Crippen molar-refractivity contribution in [3.05, 3.63) is 80.4 Å². The van der Waals surface area contributed by atoms with Gasteiger partial charge in [-0.15, -0.1) is 0 Å². The zero-order valence-electron chi connectivity index (χ0n) is 12.6. The Kier molecular flexibility index (Phi) is 99.9. The van der Waals surface area contributed by atoms with Crippen LogP contribution >= 0.6 is 0 Å². The summed E-state index contributed by atoms with van der Waals surface area (Å²) in [4.78, 5) is 24.8. The second-order valence-electron chi connectivity index (χ2n) is 2.17. The molecule has 0 unspecified atom stereocenters. The average molecular weight is 419 g/mol. The number of hydrogen-bond donors (Lipinski definition) is 0. The molecule has 6 N–H and O–H groups in total. The first-order chi connectivity index (χ1) is 10.9. The first kappa shape index (κ1) is 43.4. The van der Waals surface area contributed by atoms with E-state index in [1.807, 2.05) is 0 Å². The van der Waals surface area contributed by atoms with Crippen molar-refractivity contribution in [2.75, 3.05) is 39.3 Å². The molecule has 0 bridgehead atoms. The third-order valence-corrected chi connectivity index (χ3v) is 0.375. The van der Waals surface area contributed by atoms with E-state index < -0.39 is 15.3 Å². The van der Waals surface area contributed by atoms with Crippen molar-refractivity contribution in [1.82, 2.24) is 0 Å². The smallest absolute Gasteiger partial charge is 0.679 e. The van der Waals surface area contributed by atoms with Gasteiger partial charge in [0.25, 0.3) is 0 Å². The Morgan fingerprint density at radius 3 is 0.480 bits per heavy atom. The summed E-state index contributed by atoms with van der Waals surface area (Å²) < 4.78 is 0. The van der Waals surface area contributed by atoms with E-state index in [4.69, 9.17) is 80.4 Å². The Balaban J connectivity index is -0.0000000309. The molecule has 19 heteroatoms. The molecule has 0 rings (SSSR count). The van der Waals surface area contributed by atoms with Gasteiger partial charge in [0.2, 0.25) is 0 Å². The van der Waals surface area contributed by atoms with Crippen LogP contribution in [0.15, 0.2) is 0 Å². The fraction of sp³-hybridized carbons (Fsp3) is 1.00. The van der Waals surface area contributed by atoms with Gasteiger partial charge in [-0.05, 0) is 0 Å². The van der Waals surface area contributed by atoms with Crippen LogP contribution in [0, 0.1) is 46.0 Å². The molecule has 156 valence electrons. The van der Waals surface area contributed by atoms with Crippen LogP contribution in [0.4, 0.5) is 0 Å². The number of hydrogen-bond acceptors (Lipinski definition) is 9. The van der Waals surface area contributed by atoms with Gasteiger partial charge < -0.3 is 80.4 Å². The molecule has 0 amide bonds. The summed E-state index contributed by atoms with van der Waals surface area (Å²) in [6.07, 6.45) is 0. The van der Waals surface area contributed by atoms with Gasteiger partial charge >= 0.3 is 16.8 Å². The summed E-state index contributed by atoms with van der Waals surface area (Å²) >= 11 is 0. The van der Waals surface area contributed by atoms with Crippen molar-refractivity contribution in [3.63, 3.8) is 0 Å². The Labute approximate surface area is 152 Å². The molecule has 25 heavy (non-hydrogen) atoms. The molecule has 0 heterocycles. The summed E-state index contributed by atoms with van der Waals surface area (Å²) in [6.45, 7) is 1.42. The van der Waals surface area contributed by atoms with Gasteiger partial charge in [0.05, 0.1) is 15.3 Å². The molecule has 0 fully saturated rings. The van der Waals surface area contributed by atoms with Crippen LogP contribution in [0.3, 0.4) is 0 Å². The Hall–Kier alpha value is -2.13. The second-order valence-corrected chi connectivity index (χ2v) is 2.17. The number of rotatable bonds is 3. The van der Waals surface area contributed by atoms with Crippen LogP contribution in [0.2, 0.25) is 0 Å². The fourth-order valence-electron chi connectivity index (χ4n) is 0. The summed E-state index contributed by atoms with van der Waals surface area (Å²) in [6, 6.07) is 0. The van der Waals surface area contributed by atoms with Crippen LogP contribution < -0.4 is 0 Å². The summed E-state index contributed by atoms with van der Waals surface area (Å²) in [7, 11) is 0. The summed E-state index contributed by atoms with van der Waals surface area (Å²) in [5, 5.41) is 44.2. The molecule has 0 saturated heterocycles. The second kappa shape index (κ2) is 57.5. The van der Waals surface area contributed by atoms with E-state index in [1.54, 1.807) is 0 Å². The van der Waals surface area contributed by atoms with Crippen LogP contribution in [0.1, 0.15) is 0 Å². The monoisotopic (exact) mass is 419 g/mol. The van der Waals surface area contributed by atoms with Gasteiger partial charge in [-0.2, -0.15) is 39.3 Å². The molecule has 0 radical (unpaired) electrons. The van der Waals surface area contributed by atoms with Gasteiger partial charge in [-0.3, -0.25) is 0 Å². The molecular weight excluding hydrogens is 401 g/mol. The Bertz CT molecular complexity index is 196. The number of nitrogens with one attached hydrogen (secondary N) is 6. The van der Waals surface area contributed by atoms with Crippen molar-refractivity contribution in [3.8, 4) is 0 Å². The van der Waals surface area contributed by atoms with Gasteiger partial charge in [-0.1, -0.05) is 0 Å². The van der Waals surface area contributed by atoms with Crippen molar-refractivity contribution in [1.29, 1.82) is 0 Å². The molecule has 0 spiro atoms. The Morgan fingerprint density at radius 2 is 0.480 bits per heavy atom. The van der Waals surface area contributed by atoms with Gasteiger partial charge in [0, 0.05) is 0 Å². The van der Waals surface area contributed by atoms with E-state index in [0.29, 0.717) is 0 Å². The third-order valence-electron chi connectivity index (χ3n) is 0.375. The molecule has 0 aliphatic carbocycles. The maximum Gasteiger partial charge on any atom is 3.00 e. The van der Waals surface area contributed by atoms with E-state index in [2.05, 4.69) is 0 Å². The molecule has 0 aliphatic rings. The van der Waals surface area contributed by atoms with Crippen molar-refractivity contribution in [2.24, 2.45) is 0 Å². The van der Waals surface area contributed by atoms with E-state index in [0.717, 1.165) is 0 Å². The average Bonchev–Trinajstić information content (AvgIpc) is 2.45. The van der Waals surface area contributed by atoms with Gasteiger partial charge in [0.15, 0.2) is 0 Å². The van der Waals surface area contributed by atoms with Crippen LogP contribution in [0.25, 0.3) is 34.4 Å². The van der Waals surface area contributed by atoms with Crippen LogP contribution in [-0.4, -0.2) is 54.5 Å². The minimum atomic E-state index is -1.75. The minimum Gasteiger partial charge on any atom is -0.679 e. The maximum atomic E-state index is 8.25. The van der Waals surface area contributed by atoms with Gasteiger partial charge in [-0.25, -0.2) is 0 Å². The summed E-state index contributed by atoms with van der Waals surface area (Å²) in [5.41, 5.74) is 37.6. The predicted octanol–water partition coefficient (Wildman–Crippen LogP) is 2.55. The van der Waals surface area contributed by atoms with E-state index in [9.17, 15) is 0 Å². The first-order valence-electron chi connectivity index (χ1n) is 5.26. The molecule has 18 nitrogen and oxygen atoms in total. The zero-order chi connectivity index (χ0) is 21.0. The molecular formula is C6H18CoN9O9-6. The third kappa shape index (κ3) is 11500. The van der Waals surface area contributed by atoms with Crippen LogP contribution in [-0.2, 0) is 16.8 Å². The zero-order valence-corrected chi connectivity index (χ0v) is 13.6. The van der Waals surface area contributed by atoms with Crippen molar-refractivity contribution >= 4 is 0 Å². The van der Waals surface area contributed by atoms with Gasteiger partial charge in [0.1, 0.15) is 0 Å². The minimum absolute atomic E-state index is 0. The first-order valence-corrected chi connectivity index (χ1v) is 5.26. The summed E-state index contributed by atoms with van der Waals surface area (Å²) in [5.74, 6) is 0. The normalized spacial score (nSPS) is 6.48. The standard InChI is InChI=1S/3C2H6N2.Co.3NO3/c3*3-1-2-4;;3*2-1(3)4/h3*3-4H,1-2H2;;;;/q3*-2;+3;3*-1. The Morgan fingerprint density at radius 1 is 0.440 bits per heavy atom. The van der Waals surface area contributed by atoms with E-state index in [1.165, 1.54) is 0 Å². The van der Waals surface area contributed by atoms with Crippen LogP contribution in [0.5, 0.6) is 0 Å². The molecule has 0 aliphatic heterocycles. The molecule has 0 aromatic heterocycles. The molecule has 0 aromatic carbocycles. The van der Waals surface area contributed by atoms with Crippen molar-refractivity contribution in [2.45, 2.75) is 0 Å². The largest absolute Gasteiger partial charge is 3.00 e. The predicted molar refractivity (Wildman–Crippen MR) is 86.2 cm³/mol.